The Kier molecular flexibility index (Phi) is 3.44. The van der Waals surface area contributed by atoms with Crippen molar-refractivity contribution in [3.8, 4) is 0 Å². The van der Waals surface area contributed by atoms with E-state index in [0.29, 0.717) is 19.6 Å². The van der Waals surface area contributed by atoms with Crippen LogP contribution in [0.15, 0.2) is 18.2 Å². The van der Waals surface area contributed by atoms with Crippen molar-refractivity contribution in [1.29, 1.82) is 0 Å². The van der Waals surface area contributed by atoms with Gasteiger partial charge in [0, 0.05) is 25.3 Å². The van der Waals surface area contributed by atoms with Crippen molar-refractivity contribution in [2.45, 2.75) is 31.3 Å². The molecule has 2 atom stereocenters. The Labute approximate surface area is 138 Å². The van der Waals surface area contributed by atoms with Gasteiger partial charge in [-0.15, -0.1) is 0 Å². The molecular weight excluding hydrogens is 321 g/mol. The maximum atomic E-state index is 13.3. The molecular formula is C16H17ClFN3O2. The molecule has 0 spiro atoms. The van der Waals surface area contributed by atoms with E-state index in [-0.39, 0.29) is 29.0 Å². The highest BCUT2D eigenvalue weighted by atomic mass is 35.5. The molecule has 5 nitrogen and oxygen atoms in total. The Bertz CT molecular complexity index is 661. The van der Waals surface area contributed by atoms with E-state index in [9.17, 15) is 14.0 Å². The Hall–Kier alpha value is -1.82. The number of fused-ring (bicyclic) bond motifs is 1. The van der Waals surface area contributed by atoms with E-state index in [1.165, 1.54) is 11.0 Å². The fraction of sp³-hybridized carbons (Fsp3) is 0.500. The molecule has 0 unspecified atom stereocenters. The highest BCUT2D eigenvalue weighted by molar-refractivity contribution is 6.31. The van der Waals surface area contributed by atoms with Crippen molar-refractivity contribution >= 4 is 29.2 Å². The molecule has 3 amide bonds. The zero-order chi connectivity index (χ0) is 16.1. The number of rotatable bonds is 2. The van der Waals surface area contributed by atoms with Gasteiger partial charge in [0.05, 0.1) is 11.1 Å². The number of nitrogens with zero attached hydrogens (tertiary/aromatic N) is 3. The molecule has 7 heteroatoms. The predicted octanol–water partition coefficient (Wildman–Crippen LogP) is 2.48. The fourth-order valence-corrected chi connectivity index (χ4v) is 4.03. The van der Waals surface area contributed by atoms with Crippen LogP contribution in [-0.2, 0) is 4.79 Å². The number of anilines is 1. The molecule has 0 saturated carbocycles. The smallest absolute Gasteiger partial charge is 0.327 e. The zero-order valence-electron chi connectivity index (χ0n) is 12.5. The maximum Gasteiger partial charge on any atom is 0.327 e. The minimum atomic E-state index is -0.448. The lowest BCUT2D eigenvalue weighted by Gasteiger charge is -2.24. The van der Waals surface area contributed by atoms with E-state index >= 15 is 0 Å². The second-order valence-electron chi connectivity index (χ2n) is 6.33. The molecule has 122 valence electrons. The second kappa shape index (κ2) is 5.37. The quantitative estimate of drug-likeness (QED) is 0.779. The Morgan fingerprint density at radius 3 is 2.74 bits per heavy atom. The lowest BCUT2D eigenvalue weighted by Crippen LogP contribution is -2.43. The van der Waals surface area contributed by atoms with Gasteiger partial charge in [0.2, 0.25) is 0 Å². The summed E-state index contributed by atoms with van der Waals surface area (Å²) in [6, 6.07) is 4.08. The third-order valence-corrected chi connectivity index (χ3v) is 5.31. The van der Waals surface area contributed by atoms with Gasteiger partial charge in [-0.2, -0.15) is 0 Å². The molecule has 3 aliphatic rings. The van der Waals surface area contributed by atoms with Crippen molar-refractivity contribution in [2.24, 2.45) is 0 Å². The third kappa shape index (κ3) is 2.27. The molecule has 3 fully saturated rings. The number of amides is 3. The molecule has 23 heavy (non-hydrogen) atoms. The Morgan fingerprint density at radius 1 is 1.17 bits per heavy atom. The van der Waals surface area contributed by atoms with Crippen molar-refractivity contribution in [1.82, 2.24) is 9.80 Å². The highest BCUT2D eigenvalue weighted by Gasteiger charge is 2.50. The number of urea groups is 1. The fourth-order valence-electron chi connectivity index (χ4n) is 3.85. The van der Waals surface area contributed by atoms with Crippen LogP contribution in [0.2, 0.25) is 5.02 Å². The van der Waals surface area contributed by atoms with Gasteiger partial charge < -0.3 is 9.80 Å². The first-order valence-corrected chi connectivity index (χ1v) is 8.28. The second-order valence-corrected chi connectivity index (χ2v) is 6.74. The summed E-state index contributed by atoms with van der Waals surface area (Å²) in [7, 11) is 0. The topological polar surface area (TPSA) is 43.9 Å². The molecule has 1 aromatic rings. The van der Waals surface area contributed by atoms with Crippen LogP contribution in [-0.4, -0.2) is 53.5 Å². The summed E-state index contributed by atoms with van der Waals surface area (Å²) in [5.41, 5.74) is 0.818. The Balaban J connectivity index is 1.51. The van der Waals surface area contributed by atoms with Crippen LogP contribution < -0.4 is 4.90 Å². The zero-order valence-corrected chi connectivity index (χ0v) is 13.3. The van der Waals surface area contributed by atoms with E-state index in [1.807, 2.05) is 4.90 Å². The monoisotopic (exact) mass is 337 g/mol. The van der Waals surface area contributed by atoms with Gasteiger partial charge in [0.15, 0.2) is 0 Å². The summed E-state index contributed by atoms with van der Waals surface area (Å²) in [5, 5.41) is 0.0833. The number of hydrogen-bond donors (Lipinski definition) is 0. The van der Waals surface area contributed by atoms with Crippen LogP contribution in [0.4, 0.5) is 14.9 Å². The van der Waals surface area contributed by atoms with E-state index in [1.54, 1.807) is 17.0 Å². The SMILES string of the molecule is O=C1[C@H]2CCCN2C(=O)N1[C@H]1CCN(c2ccc(F)c(Cl)c2)C1. The predicted molar refractivity (Wildman–Crippen MR) is 84.0 cm³/mol. The van der Waals surface area contributed by atoms with Crippen molar-refractivity contribution in [3.05, 3.63) is 29.0 Å². The summed E-state index contributed by atoms with van der Waals surface area (Å²) in [5.74, 6) is -0.506. The highest BCUT2D eigenvalue weighted by Crippen LogP contribution is 2.33. The largest absolute Gasteiger partial charge is 0.369 e. The first kappa shape index (κ1) is 14.8. The number of imide groups is 1. The average molecular weight is 338 g/mol. The van der Waals surface area contributed by atoms with Crippen LogP contribution in [0.25, 0.3) is 0 Å². The summed E-state index contributed by atoms with van der Waals surface area (Å²) in [4.78, 5) is 30.1. The third-order valence-electron chi connectivity index (χ3n) is 5.02. The van der Waals surface area contributed by atoms with Crippen LogP contribution >= 0.6 is 11.6 Å². The van der Waals surface area contributed by atoms with Gasteiger partial charge >= 0.3 is 6.03 Å². The molecule has 3 aliphatic heterocycles. The Morgan fingerprint density at radius 2 is 2.00 bits per heavy atom. The van der Waals surface area contributed by atoms with Crippen LogP contribution in [0, 0.1) is 5.82 Å². The number of carbonyl (C=O) groups is 2. The molecule has 0 aromatic heterocycles. The lowest BCUT2D eigenvalue weighted by atomic mass is 10.2. The van der Waals surface area contributed by atoms with E-state index < -0.39 is 5.82 Å². The standard InChI is InChI=1S/C16H17ClFN3O2/c17-12-8-10(3-4-13(12)18)19-7-5-11(9-19)21-15(22)14-2-1-6-20(14)16(21)23/h3-4,8,11,14H,1-2,5-7,9H2/t11-,14+/m0/s1. The summed E-state index contributed by atoms with van der Waals surface area (Å²) in [6.07, 6.45) is 2.40. The molecule has 0 radical (unpaired) electrons. The van der Waals surface area contributed by atoms with Crippen molar-refractivity contribution in [2.75, 3.05) is 24.5 Å². The number of benzene rings is 1. The van der Waals surface area contributed by atoms with Gasteiger partial charge in [0.25, 0.3) is 5.91 Å². The summed E-state index contributed by atoms with van der Waals surface area (Å²) in [6.45, 7) is 1.96. The van der Waals surface area contributed by atoms with Crippen LogP contribution in [0.1, 0.15) is 19.3 Å². The number of hydrogen-bond acceptors (Lipinski definition) is 3. The number of carbonyl (C=O) groups excluding carboxylic acids is 2. The first-order chi connectivity index (χ1) is 11.1. The van der Waals surface area contributed by atoms with Crippen molar-refractivity contribution in [3.63, 3.8) is 0 Å². The van der Waals surface area contributed by atoms with E-state index in [4.69, 9.17) is 11.6 Å². The molecule has 0 aliphatic carbocycles. The minimum Gasteiger partial charge on any atom is -0.369 e. The normalized spacial score (nSPS) is 27.3. The van der Waals surface area contributed by atoms with Crippen LogP contribution in [0.5, 0.6) is 0 Å². The molecule has 0 N–H and O–H groups in total. The van der Waals surface area contributed by atoms with Gasteiger partial charge in [-0.05, 0) is 37.5 Å². The van der Waals surface area contributed by atoms with Gasteiger partial charge in [-0.3, -0.25) is 9.69 Å². The van der Waals surface area contributed by atoms with Gasteiger partial charge in [0.1, 0.15) is 11.9 Å². The molecule has 0 bridgehead atoms. The first-order valence-electron chi connectivity index (χ1n) is 7.90. The summed E-state index contributed by atoms with van der Waals surface area (Å²) >= 11 is 5.84. The van der Waals surface area contributed by atoms with Crippen molar-refractivity contribution < 1.29 is 14.0 Å². The maximum absolute atomic E-state index is 13.3. The van der Waals surface area contributed by atoms with Gasteiger partial charge in [-0.1, -0.05) is 11.6 Å². The lowest BCUT2D eigenvalue weighted by molar-refractivity contribution is -0.129. The molecule has 4 rings (SSSR count). The van der Waals surface area contributed by atoms with E-state index in [2.05, 4.69) is 0 Å². The molecule has 1 aromatic carbocycles. The average Bonchev–Trinajstić information content (AvgIpc) is 3.22. The van der Waals surface area contributed by atoms with Gasteiger partial charge in [-0.25, -0.2) is 9.18 Å². The number of halogens is 2. The summed E-state index contributed by atoms with van der Waals surface area (Å²) < 4.78 is 13.3. The minimum absolute atomic E-state index is 0.0588. The van der Waals surface area contributed by atoms with Crippen LogP contribution in [0.3, 0.4) is 0 Å². The van der Waals surface area contributed by atoms with E-state index in [0.717, 1.165) is 24.9 Å². The molecule has 3 heterocycles. The molecule has 3 saturated heterocycles.